The molecule has 0 aromatic carbocycles. The molecule has 1 N–H and O–H groups in total. The van der Waals surface area contributed by atoms with Gasteiger partial charge in [-0.15, -0.1) is 0 Å². The lowest BCUT2D eigenvalue weighted by Gasteiger charge is -2.22. The molecule has 0 spiro atoms. The molecular weight excluding hydrogens is 190 g/mol. The molecule has 0 unspecified atom stereocenters. The average molecular weight is 203 g/mol. The predicted octanol–water partition coefficient (Wildman–Crippen LogP) is 0.656. The van der Waals surface area contributed by atoms with Crippen LogP contribution in [0.4, 0.5) is 9.59 Å². The Morgan fingerprint density at radius 2 is 2.07 bits per heavy atom. The van der Waals surface area contributed by atoms with Crippen LogP contribution in [-0.2, 0) is 14.2 Å². The second kappa shape index (κ2) is 4.69. The van der Waals surface area contributed by atoms with E-state index < -0.39 is 12.2 Å². The highest BCUT2D eigenvalue weighted by atomic mass is 16.7. The second-order valence-electron chi connectivity index (χ2n) is 3.17. The van der Waals surface area contributed by atoms with Gasteiger partial charge in [0.15, 0.2) is 0 Å². The van der Waals surface area contributed by atoms with Crippen LogP contribution in [0.5, 0.6) is 0 Å². The largest absolute Gasteiger partial charge is 0.508 e. The van der Waals surface area contributed by atoms with Crippen LogP contribution < -0.4 is 5.32 Å². The molecule has 6 nitrogen and oxygen atoms in total. The van der Waals surface area contributed by atoms with Gasteiger partial charge in [0.1, 0.15) is 19.3 Å². The van der Waals surface area contributed by atoms with E-state index in [-0.39, 0.29) is 25.4 Å². The Morgan fingerprint density at radius 3 is 2.57 bits per heavy atom. The van der Waals surface area contributed by atoms with Crippen molar-refractivity contribution in [2.24, 2.45) is 0 Å². The molecule has 0 aromatic heterocycles. The Morgan fingerprint density at radius 1 is 1.50 bits per heavy atom. The highest BCUT2D eigenvalue weighted by Crippen LogP contribution is 2.00. The Bertz CT molecular complexity index is 218. The summed E-state index contributed by atoms with van der Waals surface area (Å²) >= 11 is 0. The summed E-state index contributed by atoms with van der Waals surface area (Å²) in [5, 5.41) is 2.51. The van der Waals surface area contributed by atoms with Gasteiger partial charge in [0.2, 0.25) is 0 Å². The van der Waals surface area contributed by atoms with Crippen molar-refractivity contribution in [3.05, 3.63) is 0 Å². The minimum atomic E-state index is -0.708. The third kappa shape index (κ3) is 3.51. The zero-order chi connectivity index (χ0) is 10.6. The Kier molecular flexibility index (Phi) is 3.55. The molecule has 1 aliphatic heterocycles. The maximum absolute atomic E-state index is 11.1. The first-order chi connectivity index (χ1) is 6.58. The zero-order valence-corrected chi connectivity index (χ0v) is 8.11. The van der Waals surface area contributed by atoms with Crippen molar-refractivity contribution in [3.63, 3.8) is 0 Å². The molecule has 0 saturated carbocycles. The monoisotopic (exact) mass is 203 g/mol. The minimum Gasteiger partial charge on any atom is -0.447 e. The van der Waals surface area contributed by atoms with E-state index in [9.17, 15) is 9.59 Å². The number of nitrogens with one attached hydrogen (secondary N) is 1. The number of carbonyl (C=O) groups excluding carboxylic acids is 2. The van der Waals surface area contributed by atoms with Gasteiger partial charge in [-0.3, -0.25) is 0 Å². The molecule has 14 heavy (non-hydrogen) atoms. The van der Waals surface area contributed by atoms with Crippen LogP contribution in [-0.4, -0.2) is 37.6 Å². The summed E-state index contributed by atoms with van der Waals surface area (Å²) in [5.41, 5.74) is 0. The summed E-state index contributed by atoms with van der Waals surface area (Å²) in [5.74, 6) is 0. The van der Waals surface area contributed by atoms with E-state index in [0.29, 0.717) is 0 Å². The van der Waals surface area contributed by atoms with Gasteiger partial charge in [-0.1, -0.05) is 0 Å². The highest BCUT2D eigenvalue weighted by Gasteiger charge is 2.23. The fourth-order valence-electron chi connectivity index (χ4n) is 0.925. The van der Waals surface area contributed by atoms with Crippen molar-refractivity contribution in [3.8, 4) is 0 Å². The van der Waals surface area contributed by atoms with E-state index in [1.54, 1.807) is 13.8 Å². The number of rotatable bonds is 2. The first kappa shape index (κ1) is 10.6. The van der Waals surface area contributed by atoms with E-state index in [1.165, 1.54) is 0 Å². The minimum absolute atomic E-state index is 0.117. The van der Waals surface area contributed by atoms with Crippen LogP contribution in [0.1, 0.15) is 13.8 Å². The van der Waals surface area contributed by atoms with Crippen LogP contribution in [0.15, 0.2) is 0 Å². The van der Waals surface area contributed by atoms with Crippen LogP contribution >= 0.6 is 0 Å². The summed E-state index contributed by atoms with van der Waals surface area (Å²) in [6.07, 6.45) is -1.42. The Balaban J connectivity index is 2.24. The van der Waals surface area contributed by atoms with Gasteiger partial charge < -0.3 is 19.5 Å². The van der Waals surface area contributed by atoms with Gasteiger partial charge in [-0.2, -0.15) is 0 Å². The van der Waals surface area contributed by atoms with E-state index in [4.69, 9.17) is 4.74 Å². The van der Waals surface area contributed by atoms with Crippen molar-refractivity contribution < 1.29 is 23.8 Å². The summed E-state index contributed by atoms with van der Waals surface area (Å²) in [6, 6.07) is -0.334. The average Bonchev–Trinajstić information content (AvgIpc) is 2.07. The van der Waals surface area contributed by atoms with Crippen LogP contribution in [0.3, 0.4) is 0 Å². The van der Waals surface area contributed by atoms with E-state index in [0.717, 1.165) is 0 Å². The molecule has 6 heteroatoms. The van der Waals surface area contributed by atoms with Crippen molar-refractivity contribution >= 4 is 12.2 Å². The molecule has 1 saturated heterocycles. The molecule has 1 heterocycles. The van der Waals surface area contributed by atoms with E-state index in [2.05, 4.69) is 14.8 Å². The SMILES string of the molecule is CC(C)OC(=O)NC1COC(=O)OC1. The van der Waals surface area contributed by atoms with Gasteiger partial charge in [-0.05, 0) is 13.8 Å². The van der Waals surface area contributed by atoms with Gasteiger partial charge in [-0.25, -0.2) is 9.59 Å². The highest BCUT2D eigenvalue weighted by molar-refractivity contribution is 5.68. The van der Waals surface area contributed by atoms with Gasteiger partial charge in [0.25, 0.3) is 0 Å². The molecule has 80 valence electrons. The van der Waals surface area contributed by atoms with Crippen LogP contribution in [0.2, 0.25) is 0 Å². The number of carbonyl (C=O) groups is 2. The van der Waals surface area contributed by atoms with E-state index in [1.807, 2.05) is 0 Å². The molecule has 0 aliphatic carbocycles. The topological polar surface area (TPSA) is 73.9 Å². The fraction of sp³-hybridized carbons (Fsp3) is 0.750. The normalized spacial score (nSPS) is 17.2. The van der Waals surface area contributed by atoms with Gasteiger partial charge in [0, 0.05) is 0 Å². The molecule has 0 radical (unpaired) electrons. The Hall–Kier alpha value is -1.46. The molecule has 1 rings (SSSR count). The first-order valence-electron chi connectivity index (χ1n) is 4.34. The molecule has 1 fully saturated rings. The van der Waals surface area contributed by atoms with Crippen molar-refractivity contribution in [2.45, 2.75) is 26.0 Å². The fourth-order valence-corrected chi connectivity index (χ4v) is 0.925. The zero-order valence-electron chi connectivity index (χ0n) is 8.11. The molecule has 1 amide bonds. The number of alkyl carbamates (subject to hydrolysis) is 1. The van der Waals surface area contributed by atoms with Crippen molar-refractivity contribution in [2.75, 3.05) is 13.2 Å². The molecular formula is C8H13NO5. The number of amides is 1. The molecule has 0 aromatic rings. The van der Waals surface area contributed by atoms with Crippen molar-refractivity contribution in [1.82, 2.24) is 5.32 Å². The first-order valence-corrected chi connectivity index (χ1v) is 4.34. The number of ether oxygens (including phenoxy) is 3. The summed E-state index contributed by atoms with van der Waals surface area (Å²) in [4.78, 5) is 21.6. The molecule has 0 bridgehead atoms. The summed E-state index contributed by atoms with van der Waals surface area (Å²) in [6.45, 7) is 3.73. The summed E-state index contributed by atoms with van der Waals surface area (Å²) in [7, 11) is 0. The van der Waals surface area contributed by atoms with Gasteiger partial charge in [0.05, 0.1) is 6.10 Å². The Labute approximate surface area is 81.5 Å². The number of cyclic esters (lactones) is 2. The number of hydrogen-bond acceptors (Lipinski definition) is 5. The molecule has 0 atom stereocenters. The summed E-state index contributed by atoms with van der Waals surface area (Å²) < 4.78 is 14.0. The lowest BCUT2D eigenvalue weighted by molar-refractivity contribution is -0.000738. The molecule has 1 aliphatic rings. The quantitative estimate of drug-likeness (QED) is 0.667. The van der Waals surface area contributed by atoms with E-state index >= 15 is 0 Å². The lowest BCUT2D eigenvalue weighted by atomic mass is 10.3. The third-order valence-corrected chi connectivity index (χ3v) is 1.47. The number of hydrogen-bond donors (Lipinski definition) is 1. The lowest BCUT2D eigenvalue weighted by Crippen LogP contribution is -2.46. The third-order valence-electron chi connectivity index (χ3n) is 1.47. The predicted molar refractivity (Wildman–Crippen MR) is 45.8 cm³/mol. The maximum Gasteiger partial charge on any atom is 0.508 e. The van der Waals surface area contributed by atoms with Gasteiger partial charge >= 0.3 is 12.2 Å². The smallest absolute Gasteiger partial charge is 0.447 e. The van der Waals surface area contributed by atoms with Crippen molar-refractivity contribution in [1.29, 1.82) is 0 Å². The maximum atomic E-state index is 11.1. The second-order valence-corrected chi connectivity index (χ2v) is 3.17. The van der Waals surface area contributed by atoms with Crippen LogP contribution in [0, 0.1) is 0 Å². The standard InChI is InChI=1S/C8H13NO5/c1-5(2)14-7(10)9-6-3-12-8(11)13-4-6/h5-6H,3-4H2,1-2H3,(H,9,10). The van der Waals surface area contributed by atoms with Crippen LogP contribution in [0.25, 0.3) is 0 Å².